The van der Waals surface area contributed by atoms with Gasteiger partial charge < -0.3 is 4.74 Å². The van der Waals surface area contributed by atoms with Gasteiger partial charge in [0, 0.05) is 6.54 Å². The topological polar surface area (TPSA) is 53.3 Å². The Morgan fingerprint density at radius 1 is 1.69 bits per heavy atom. The number of carbonyl (C=O) groups excluding carboxylic acids is 1. The van der Waals surface area contributed by atoms with E-state index in [1.165, 1.54) is 7.11 Å². The molecule has 0 aromatic rings. The molecule has 0 aliphatic carbocycles. The molecular formula is C9H14N2O2. The zero-order chi connectivity index (χ0) is 9.68. The van der Waals surface area contributed by atoms with E-state index in [4.69, 9.17) is 5.26 Å². The first kappa shape index (κ1) is 10.0. The summed E-state index contributed by atoms with van der Waals surface area (Å²) in [6.45, 7) is 1.15. The maximum Gasteiger partial charge on any atom is 0.323 e. The first-order chi connectivity index (χ1) is 6.29. The lowest BCUT2D eigenvalue weighted by molar-refractivity contribution is -0.147. The molecule has 0 aromatic heterocycles. The second-order valence-corrected chi connectivity index (χ2v) is 3.16. The monoisotopic (exact) mass is 182 g/mol. The predicted octanol–water partition coefficient (Wildman–Crippen LogP) is 0.537. The Hall–Kier alpha value is -1.08. The third kappa shape index (κ3) is 2.43. The molecule has 1 atom stereocenters. The van der Waals surface area contributed by atoms with Crippen LogP contribution in [0.1, 0.15) is 19.3 Å². The highest BCUT2D eigenvalue weighted by atomic mass is 16.5. The van der Waals surface area contributed by atoms with Crippen molar-refractivity contribution in [2.75, 3.05) is 20.2 Å². The molecule has 1 rings (SSSR count). The van der Waals surface area contributed by atoms with Crippen LogP contribution in [0, 0.1) is 11.3 Å². The van der Waals surface area contributed by atoms with Crippen molar-refractivity contribution < 1.29 is 9.53 Å². The molecule has 0 radical (unpaired) electrons. The Kier molecular flexibility index (Phi) is 3.71. The van der Waals surface area contributed by atoms with Gasteiger partial charge in [0.05, 0.1) is 19.7 Å². The van der Waals surface area contributed by atoms with Gasteiger partial charge in [0.1, 0.15) is 6.04 Å². The second kappa shape index (κ2) is 4.83. The number of piperidine rings is 1. The fraction of sp³-hybridized carbons (Fsp3) is 0.778. The summed E-state index contributed by atoms with van der Waals surface area (Å²) in [5, 5.41) is 8.55. The molecular weight excluding hydrogens is 168 g/mol. The summed E-state index contributed by atoms with van der Waals surface area (Å²) in [6.07, 6.45) is 2.92. The Morgan fingerprint density at radius 2 is 2.46 bits per heavy atom. The van der Waals surface area contributed by atoms with Gasteiger partial charge in [-0.2, -0.15) is 5.26 Å². The van der Waals surface area contributed by atoms with Crippen LogP contribution in [0.15, 0.2) is 0 Å². The van der Waals surface area contributed by atoms with Crippen molar-refractivity contribution in [1.82, 2.24) is 4.90 Å². The van der Waals surface area contributed by atoms with E-state index in [0.29, 0.717) is 6.54 Å². The fourth-order valence-electron chi connectivity index (χ4n) is 1.67. The lowest BCUT2D eigenvalue weighted by Gasteiger charge is -2.31. The van der Waals surface area contributed by atoms with Crippen LogP contribution < -0.4 is 0 Å². The molecule has 0 bridgehead atoms. The highest BCUT2D eigenvalue weighted by Crippen LogP contribution is 2.17. The SMILES string of the molecule is COC(=O)C1CCCCN1CC#N. The zero-order valence-corrected chi connectivity index (χ0v) is 7.82. The first-order valence-corrected chi connectivity index (χ1v) is 4.48. The van der Waals surface area contributed by atoms with Gasteiger partial charge in [-0.3, -0.25) is 9.69 Å². The summed E-state index contributed by atoms with van der Waals surface area (Å²) < 4.78 is 4.68. The number of nitriles is 1. The molecule has 1 heterocycles. The molecule has 13 heavy (non-hydrogen) atoms. The van der Waals surface area contributed by atoms with Gasteiger partial charge >= 0.3 is 5.97 Å². The minimum atomic E-state index is -0.213. The third-order valence-electron chi connectivity index (χ3n) is 2.36. The number of hydrogen-bond donors (Lipinski definition) is 0. The van der Waals surface area contributed by atoms with Crippen molar-refractivity contribution >= 4 is 5.97 Å². The number of ether oxygens (including phenoxy) is 1. The van der Waals surface area contributed by atoms with Crippen LogP contribution in [0.25, 0.3) is 0 Å². The number of likely N-dealkylation sites (tertiary alicyclic amines) is 1. The molecule has 0 N–H and O–H groups in total. The average molecular weight is 182 g/mol. The smallest absolute Gasteiger partial charge is 0.323 e. The molecule has 1 aliphatic rings. The van der Waals surface area contributed by atoms with Crippen molar-refractivity contribution in [3.05, 3.63) is 0 Å². The zero-order valence-electron chi connectivity index (χ0n) is 7.82. The normalized spacial score (nSPS) is 23.5. The largest absolute Gasteiger partial charge is 0.468 e. The lowest BCUT2D eigenvalue weighted by Crippen LogP contribution is -2.45. The van der Waals surface area contributed by atoms with E-state index < -0.39 is 0 Å². The maximum absolute atomic E-state index is 11.3. The Labute approximate surface area is 78.1 Å². The molecule has 0 spiro atoms. The van der Waals surface area contributed by atoms with Crippen molar-refractivity contribution in [1.29, 1.82) is 5.26 Å². The summed E-state index contributed by atoms with van der Waals surface area (Å²) in [4.78, 5) is 13.2. The maximum atomic E-state index is 11.3. The Bertz CT molecular complexity index is 222. The first-order valence-electron chi connectivity index (χ1n) is 4.48. The van der Waals surface area contributed by atoms with Gasteiger partial charge in [-0.05, 0) is 12.8 Å². The van der Waals surface area contributed by atoms with Crippen LogP contribution in [-0.2, 0) is 9.53 Å². The highest BCUT2D eigenvalue weighted by molar-refractivity contribution is 5.75. The van der Waals surface area contributed by atoms with Gasteiger partial charge in [-0.15, -0.1) is 0 Å². The number of carbonyl (C=O) groups is 1. The highest BCUT2D eigenvalue weighted by Gasteiger charge is 2.28. The van der Waals surface area contributed by atoms with Crippen molar-refractivity contribution in [3.8, 4) is 6.07 Å². The summed E-state index contributed by atoms with van der Waals surface area (Å²) in [7, 11) is 1.39. The van der Waals surface area contributed by atoms with Crippen LogP contribution in [0.5, 0.6) is 0 Å². The molecule has 0 aromatic carbocycles. The summed E-state index contributed by atoms with van der Waals surface area (Å²) in [6, 6.07) is 1.87. The van der Waals surface area contributed by atoms with Crippen molar-refractivity contribution in [2.45, 2.75) is 25.3 Å². The van der Waals surface area contributed by atoms with Gasteiger partial charge in [-0.1, -0.05) is 6.42 Å². The predicted molar refractivity (Wildman–Crippen MR) is 46.8 cm³/mol. The second-order valence-electron chi connectivity index (χ2n) is 3.16. The van der Waals surface area contributed by atoms with Gasteiger partial charge in [0.15, 0.2) is 0 Å². The molecule has 4 nitrogen and oxygen atoms in total. The molecule has 0 amide bonds. The Balaban J connectivity index is 2.57. The Morgan fingerprint density at radius 3 is 3.08 bits per heavy atom. The van der Waals surface area contributed by atoms with Crippen LogP contribution in [0.4, 0.5) is 0 Å². The molecule has 4 heteroatoms. The molecule has 1 unspecified atom stereocenters. The minimum Gasteiger partial charge on any atom is -0.468 e. The molecule has 0 saturated carbocycles. The van der Waals surface area contributed by atoms with Crippen molar-refractivity contribution in [2.24, 2.45) is 0 Å². The van der Waals surface area contributed by atoms with E-state index in [-0.39, 0.29) is 12.0 Å². The van der Waals surface area contributed by atoms with Crippen molar-refractivity contribution in [3.63, 3.8) is 0 Å². The van der Waals surface area contributed by atoms with Crippen LogP contribution in [0.3, 0.4) is 0 Å². The van der Waals surface area contributed by atoms with E-state index in [1.54, 1.807) is 0 Å². The van der Waals surface area contributed by atoms with E-state index in [9.17, 15) is 4.79 Å². The van der Waals surface area contributed by atoms with E-state index in [1.807, 2.05) is 4.90 Å². The number of esters is 1. The van der Waals surface area contributed by atoms with Crippen LogP contribution in [-0.4, -0.2) is 37.1 Å². The summed E-state index contributed by atoms with van der Waals surface area (Å²) >= 11 is 0. The summed E-state index contributed by atoms with van der Waals surface area (Å²) in [5.41, 5.74) is 0. The summed E-state index contributed by atoms with van der Waals surface area (Å²) in [5.74, 6) is -0.213. The standard InChI is InChI=1S/C9H14N2O2/c1-13-9(12)8-4-2-3-6-11(8)7-5-10/h8H,2-4,6-7H2,1H3. The quantitative estimate of drug-likeness (QED) is 0.462. The molecule has 1 saturated heterocycles. The molecule has 72 valence electrons. The van der Waals surface area contributed by atoms with Gasteiger partial charge in [0.25, 0.3) is 0 Å². The average Bonchev–Trinajstić information content (AvgIpc) is 2.18. The number of rotatable bonds is 2. The molecule has 1 aliphatic heterocycles. The van der Waals surface area contributed by atoms with E-state index in [0.717, 1.165) is 25.8 Å². The van der Waals surface area contributed by atoms with Gasteiger partial charge in [0.2, 0.25) is 0 Å². The van der Waals surface area contributed by atoms with Crippen LogP contribution in [0.2, 0.25) is 0 Å². The lowest BCUT2D eigenvalue weighted by atomic mass is 10.0. The van der Waals surface area contributed by atoms with Crippen LogP contribution >= 0.6 is 0 Å². The fourth-order valence-corrected chi connectivity index (χ4v) is 1.67. The minimum absolute atomic E-state index is 0.196. The number of nitrogens with zero attached hydrogens (tertiary/aromatic N) is 2. The molecule has 1 fully saturated rings. The van der Waals surface area contributed by atoms with E-state index >= 15 is 0 Å². The van der Waals surface area contributed by atoms with Gasteiger partial charge in [-0.25, -0.2) is 0 Å². The third-order valence-corrected chi connectivity index (χ3v) is 2.36. The number of hydrogen-bond acceptors (Lipinski definition) is 4. The number of methoxy groups -OCH3 is 1. The van der Waals surface area contributed by atoms with E-state index in [2.05, 4.69) is 10.8 Å².